The number of anilines is 2. The number of hydrogen-bond donors (Lipinski definition) is 1. The molecule has 0 unspecified atom stereocenters. The van der Waals surface area contributed by atoms with E-state index in [1.54, 1.807) is 48.7 Å². The summed E-state index contributed by atoms with van der Waals surface area (Å²) in [4.78, 5) is 31.5. The van der Waals surface area contributed by atoms with E-state index in [0.717, 1.165) is 22.8 Å². The van der Waals surface area contributed by atoms with E-state index in [9.17, 15) is 22.8 Å². The molecular weight excluding hydrogens is 453 g/mol. The highest BCUT2D eigenvalue weighted by Gasteiger charge is 2.38. The minimum absolute atomic E-state index is 0.111. The lowest BCUT2D eigenvalue weighted by molar-refractivity contribution is -0.139. The molecule has 0 aliphatic carbocycles. The Morgan fingerprint density at radius 2 is 1.88 bits per heavy atom. The third-order valence-corrected chi connectivity index (χ3v) is 5.95. The molecule has 0 fully saturated rings. The van der Waals surface area contributed by atoms with Gasteiger partial charge < -0.3 is 0 Å². The van der Waals surface area contributed by atoms with Crippen LogP contribution in [0.4, 0.5) is 29.3 Å². The molecule has 10 heteroatoms. The van der Waals surface area contributed by atoms with Gasteiger partial charge in [0.2, 0.25) is 0 Å². The maximum absolute atomic E-state index is 13.6. The largest absolute Gasteiger partial charge is 0.417 e. The average Bonchev–Trinajstić information content (AvgIpc) is 3.24. The Kier molecular flexibility index (Phi) is 6.28. The van der Waals surface area contributed by atoms with Crippen molar-refractivity contribution in [2.24, 2.45) is 0 Å². The standard InChI is InChI=1S/C23H19F3N4O2S/c1-33-20-12-15-9-11-29(19(15)13-18(20)23(24,25)26)22(32)30(17-7-3-2-4-8-17)28-21(31)16-6-5-10-27-14-16/h2-8,10,12-14H,9,11H2,1H3,(H,28,31). The SMILES string of the molecule is CSc1cc2c(cc1C(F)(F)F)N(C(=O)N(NC(=O)c1cccnc1)c1ccccc1)CC2. The highest BCUT2D eigenvalue weighted by Crippen LogP contribution is 2.42. The van der Waals surface area contributed by atoms with Crippen LogP contribution in [-0.4, -0.2) is 29.7 Å². The maximum atomic E-state index is 13.6. The summed E-state index contributed by atoms with van der Waals surface area (Å²) in [7, 11) is 0. The Labute approximate surface area is 192 Å². The number of halogens is 3. The first-order valence-corrected chi connectivity index (χ1v) is 11.2. The summed E-state index contributed by atoms with van der Waals surface area (Å²) in [5, 5.41) is 1.04. The van der Waals surface area contributed by atoms with Crippen LogP contribution >= 0.6 is 11.8 Å². The molecule has 33 heavy (non-hydrogen) atoms. The first-order valence-electron chi connectivity index (χ1n) is 9.95. The second-order valence-corrected chi connectivity index (χ2v) is 8.06. The van der Waals surface area contributed by atoms with Gasteiger partial charge in [-0.25, -0.2) is 9.80 Å². The number of fused-ring (bicyclic) bond motifs is 1. The van der Waals surface area contributed by atoms with E-state index < -0.39 is 23.7 Å². The molecule has 1 aromatic heterocycles. The summed E-state index contributed by atoms with van der Waals surface area (Å²) in [6.45, 7) is 0.190. The third kappa shape index (κ3) is 4.65. The summed E-state index contributed by atoms with van der Waals surface area (Å²) in [5.74, 6) is -0.576. The molecular formula is C23H19F3N4O2S. The first kappa shape index (κ1) is 22.7. The fourth-order valence-electron chi connectivity index (χ4n) is 3.59. The number of nitrogens with zero attached hydrogens (tertiary/aromatic N) is 3. The minimum Gasteiger partial charge on any atom is -0.292 e. The lowest BCUT2D eigenvalue weighted by Gasteiger charge is -2.29. The number of hydrogen-bond acceptors (Lipinski definition) is 4. The topological polar surface area (TPSA) is 65.5 Å². The molecule has 2 aromatic carbocycles. The first-order chi connectivity index (χ1) is 15.8. The fourth-order valence-corrected chi connectivity index (χ4v) is 4.24. The molecule has 0 radical (unpaired) electrons. The molecule has 1 aliphatic heterocycles. The molecule has 170 valence electrons. The Bertz CT molecular complexity index is 1170. The normalized spacial score (nSPS) is 12.9. The van der Waals surface area contributed by atoms with Crippen molar-refractivity contribution >= 4 is 35.1 Å². The van der Waals surface area contributed by atoms with Crippen LogP contribution in [0.5, 0.6) is 0 Å². The van der Waals surface area contributed by atoms with Gasteiger partial charge in [-0.1, -0.05) is 18.2 Å². The molecule has 3 aromatic rings. The quantitative estimate of drug-likeness (QED) is 0.423. The molecule has 0 bridgehead atoms. The summed E-state index contributed by atoms with van der Waals surface area (Å²) in [5.41, 5.74) is 3.20. The number of alkyl halides is 3. The van der Waals surface area contributed by atoms with Gasteiger partial charge in [-0.05, 0) is 54.6 Å². The number of aromatic nitrogens is 1. The Morgan fingerprint density at radius 1 is 1.12 bits per heavy atom. The van der Waals surface area contributed by atoms with Gasteiger partial charge in [0, 0.05) is 29.5 Å². The number of carbonyl (C=O) groups excluding carboxylic acids is 2. The smallest absolute Gasteiger partial charge is 0.292 e. The van der Waals surface area contributed by atoms with E-state index in [4.69, 9.17) is 0 Å². The van der Waals surface area contributed by atoms with Crippen molar-refractivity contribution in [3.8, 4) is 0 Å². The van der Waals surface area contributed by atoms with Gasteiger partial charge in [0.05, 0.1) is 16.8 Å². The molecule has 1 N–H and O–H groups in total. The number of hydrazine groups is 1. The molecule has 6 nitrogen and oxygen atoms in total. The van der Waals surface area contributed by atoms with Crippen molar-refractivity contribution in [1.82, 2.24) is 10.4 Å². The summed E-state index contributed by atoms with van der Waals surface area (Å²) >= 11 is 1.01. The lowest BCUT2D eigenvalue weighted by Crippen LogP contribution is -2.52. The zero-order chi connectivity index (χ0) is 23.6. The van der Waals surface area contributed by atoms with Crippen LogP contribution in [0, 0.1) is 0 Å². The predicted molar refractivity (Wildman–Crippen MR) is 120 cm³/mol. The Hall–Kier alpha value is -3.53. The highest BCUT2D eigenvalue weighted by atomic mass is 32.2. The number of benzene rings is 2. The predicted octanol–water partition coefficient (Wildman–Crippen LogP) is 5.16. The van der Waals surface area contributed by atoms with E-state index in [1.165, 1.54) is 23.4 Å². The van der Waals surface area contributed by atoms with Crippen LogP contribution in [0.15, 0.2) is 71.9 Å². The fraction of sp³-hybridized carbons (Fsp3) is 0.174. The highest BCUT2D eigenvalue weighted by molar-refractivity contribution is 7.98. The number of carbonyl (C=O) groups is 2. The van der Waals surface area contributed by atoms with Crippen molar-refractivity contribution in [1.29, 1.82) is 0 Å². The van der Waals surface area contributed by atoms with Crippen molar-refractivity contribution in [2.45, 2.75) is 17.5 Å². The Balaban J connectivity index is 1.70. The molecule has 3 amide bonds. The zero-order valence-electron chi connectivity index (χ0n) is 17.5. The molecule has 0 saturated heterocycles. The van der Waals surface area contributed by atoms with E-state index >= 15 is 0 Å². The van der Waals surface area contributed by atoms with Crippen LogP contribution in [-0.2, 0) is 12.6 Å². The molecule has 2 heterocycles. The monoisotopic (exact) mass is 472 g/mol. The van der Waals surface area contributed by atoms with E-state index in [2.05, 4.69) is 10.4 Å². The van der Waals surface area contributed by atoms with Crippen LogP contribution in [0.3, 0.4) is 0 Å². The molecule has 1 aliphatic rings. The lowest BCUT2D eigenvalue weighted by atomic mass is 10.1. The summed E-state index contributed by atoms with van der Waals surface area (Å²) in [6.07, 6.45) is 0.303. The van der Waals surface area contributed by atoms with Gasteiger partial charge in [-0.2, -0.15) is 13.2 Å². The van der Waals surface area contributed by atoms with E-state index in [0.29, 0.717) is 17.7 Å². The number of pyridine rings is 1. The van der Waals surface area contributed by atoms with Crippen LogP contribution in [0.25, 0.3) is 0 Å². The summed E-state index contributed by atoms with van der Waals surface area (Å²) in [6, 6.07) is 13.3. The Morgan fingerprint density at radius 3 is 2.52 bits per heavy atom. The number of rotatable bonds is 3. The van der Waals surface area contributed by atoms with Crippen LogP contribution in [0.1, 0.15) is 21.5 Å². The van der Waals surface area contributed by atoms with Gasteiger partial charge in [0.25, 0.3) is 5.91 Å². The minimum atomic E-state index is -4.56. The number of thioether (sulfide) groups is 1. The van der Waals surface area contributed by atoms with Crippen LogP contribution in [0.2, 0.25) is 0 Å². The van der Waals surface area contributed by atoms with E-state index in [1.807, 2.05) is 0 Å². The van der Waals surface area contributed by atoms with Gasteiger partial charge in [-0.3, -0.25) is 20.1 Å². The van der Waals surface area contributed by atoms with Gasteiger partial charge >= 0.3 is 12.2 Å². The van der Waals surface area contributed by atoms with Gasteiger partial charge in [-0.15, -0.1) is 11.8 Å². The van der Waals surface area contributed by atoms with Crippen molar-refractivity contribution in [3.05, 3.63) is 83.7 Å². The molecule has 0 atom stereocenters. The number of amides is 3. The summed E-state index contributed by atoms with van der Waals surface area (Å²) < 4.78 is 40.9. The third-order valence-electron chi connectivity index (χ3n) is 5.18. The average molecular weight is 472 g/mol. The maximum Gasteiger partial charge on any atom is 0.417 e. The van der Waals surface area contributed by atoms with Crippen molar-refractivity contribution < 1.29 is 22.8 Å². The number of urea groups is 1. The molecule has 0 spiro atoms. The van der Waals surface area contributed by atoms with Crippen molar-refractivity contribution in [2.75, 3.05) is 22.7 Å². The van der Waals surface area contributed by atoms with Crippen molar-refractivity contribution in [3.63, 3.8) is 0 Å². The van der Waals surface area contributed by atoms with Gasteiger partial charge in [0.1, 0.15) is 0 Å². The van der Waals surface area contributed by atoms with E-state index in [-0.39, 0.29) is 22.7 Å². The molecule has 0 saturated carbocycles. The van der Waals surface area contributed by atoms with Gasteiger partial charge in [0.15, 0.2) is 0 Å². The number of para-hydroxylation sites is 1. The zero-order valence-corrected chi connectivity index (χ0v) is 18.3. The molecule has 4 rings (SSSR count). The van der Waals surface area contributed by atoms with Crippen LogP contribution < -0.4 is 15.3 Å². The number of nitrogens with one attached hydrogen (secondary N) is 1. The second-order valence-electron chi connectivity index (χ2n) is 7.22. The second kappa shape index (κ2) is 9.14.